The summed E-state index contributed by atoms with van der Waals surface area (Å²) in [7, 11) is 1.62. The van der Waals surface area contributed by atoms with Crippen LogP contribution in [0.25, 0.3) is 0 Å². The first-order valence-corrected chi connectivity index (χ1v) is 10.4. The van der Waals surface area contributed by atoms with E-state index in [-0.39, 0.29) is 18.4 Å². The maximum absolute atomic E-state index is 12.6. The van der Waals surface area contributed by atoms with Crippen LogP contribution in [-0.2, 0) is 17.9 Å². The summed E-state index contributed by atoms with van der Waals surface area (Å²) in [6.45, 7) is 2.30. The molecule has 2 aromatic carbocycles. The number of nitrogens with one attached hydrogen (secondary N) is 1. The van der Waals surface area contributed by atoms with Crippen LogP contribution < -0.4 is 14.8 Å². The second-order valence-electron chi connectivity index (χ2n) is 7.50. The second kappa shape index (κ2) is 10.1. The number of hydrogen-bond acceptors (Lipinski definition) is 7. The van der Waals surface area contributed by atoms with Gasteiger partial charge in [0.15, 0.2) is 6.61 Å². The molecule has 1 fully saturated rings. The van der Waals surface area contributed by atoms with Crippen LogP contribution in [0.15, 0.2) is 59.1 Å². The Labute approximate surface area is 181 Å². The van der Waals surface area contributed by atoms with Crippen molar-refractivity contribution < 1.29 is 18.8 Å². The van der Waals surface area contributed by atoms with Gasteiger partial charge in [-0.15, -0.1) is 0 Å². The van der Waals surface area contributed by atoms with Gasteiger partial charge in [-0.25, -0.2) is 0 Å². The van der Waals surface area contributed by atoms with E-state index in [1.807, 2.05) is 54.6 Å². The first-order chi connectivity index (χ1) is 15.2. The number of carbonyl (C=O) groups is 1. The summed E-state index contributed by atoms with van der Waals surface area (Å²) < 4.78 is 16.2. The minimum absolute atomic E-state index is 0.0509. The summed E-state index contributed by atoms with van der Waals surface area (Å²) in [5.41, 5.74) is 0.822. The van der Waals surface area contributed by atoms with E-state index in [4.69, 9.17) is 14.0 Å². The normalized spacial score (nSPS) is 16.6. The predicted molar refractivity (Wildman–Crippen MR) is 115 cm³/mol. The second-order valence-corrected chi connectivity index (χ2v) is 7.50. The highest BCUT2D eigenvalue weighted by atomic mass is 16.5. The van der Waals surface area contributed by atoms with Gasteiger partial charge in [0.2, 0.25) is 17.6 Å². The van der Waals surface area contributed by atoms with Gasteiger partial charge in [-0.1, -0.05) is 23.4 Å². The van der Waals surface area contributed by atoms with Crippen molar-refractivity contribution in [2.24, 2.45) is 5.92 Å². The molecule has 1 saturated heterocycles. The maximum atomic E-state index is 12.6. The SMILES string of the molecule is COc1ccc(OCc2noc(CN3CCC[C@@H](C(=O)Nc4ccccc4)C3)n2)cc1. The van der Waals surface area contributed by atoms with Crippen molar-refractivity contribution in [3.63, 3.8) is 0 Å². The molecule has 0 unspecified atom stereocenters. The van der Waals surface area contributed by atoms with Gasteiger partial charge in [-0.2, -0.15) is 4.98 Å². The average molecular weight is 422 g/mol. The molecule has 0 saturated carbocycles. The number of anilines is 1. The fraction of sp³-hybridized carbons (Fsp3) is 0.348. The summed E-state index contributed by atoms with van der Waals surface area (Å²) >= 11 is 0. The zero-order valence-corrected chi connectivity index (χ0v) is 17.5. The molecule has 1 aliphatic heterocycles. The molecular weight excluding hydrogens is 396 g/mol. The minimum atomic E-state index is -0.0604. The highest BCUT2D eigenvalue weighted by Crippen LogP contribution is 2.21. The van der Waals surface area contributed by atoms with E-state index in [9.17, 15) is 4.79 Å². The molecule has 2 heterocycles. The number of likely N-dealkylation sites (tertiary alicyclic amines) is 1. The van der Waals surface area contributed by atoms with Crippen LogP contribution in [0.5, 0.6) is 11.5 Å². The van der Waals surface area contributed by atoms with Gasteiger partial charge in [0.1, 0.15) is 11.5 Å². The smallest absolute Gasteiger partial charge is 0.240 e. The number of amides is 1. The largest absolute Gasteiger partial charge is 0.497 e. The van der Waals surface area contributed by atoms with Gasteiger partial charge in [-0.05, 0) is 55.8 Å². The Morgan fingerprint density at radius 1 is 1.16 bits per heavy atom. The number of methoxy groups -OCH3 is 1. The fourth-order valence-electron chi connectivity index (χ4n) is 3.60. The average Bonchev–Trinajstić information content (AvgIpc) is 3.26. The summed E-state index contributed by atoms with van der Waals surface area (Å²) in [5.74, 6) is 2.48. The molecular formula is C23H26N4O4. The van der Waals surface area contributed by atoms with E-state index >= 15 is 0 Å². The lowest BCUT2D eigenvalue weighted by Crippen LogP contribution is -2.40. The third-order valence-corrected chi connectivity index (χ3v) is 5.21. The third-order valence-electron chi connectivity index (χ3n) is 5.21. The van der Waals surface area contributed by atoms with Gasteiger partial charge >= 0.3 is 0 Å². The summed E-state index contributed by atoms with van der Waals surface area (Å²) in [4.78, 5) is 19.2. The molecule has 1 N–H and O–H groups in total. The Morgan fingerprint density at radius 3 is 2.71 bits per heavy atom. The van der Waals surface area contributed by atoms with Crippen LogP contribution in [0.3, 0.4) is 0 Å². The van der Waals surface area contributed by atoms with Crippen molar-refractivity contribution in [2.75, 3.05) is 25.5 Å². The molecule has 1 amide bonds. The Kier molecular flexibility index (Phi) is 6.78. The Hall–Kier alpha value is -3.39. The number of nitrogens with zero attached hydrogens (tertiary/aromatic N) is 3. The number of aromatic nitrogens is 2. The van der Waals surface area contributed by atoms with Crippen LogP contribution in [0.1, 0.15) is 24.6 Å². The van der Waals surface area contributed by atoms with Crippen molar-refractivity contribution in [3.8, 4) is 11.5 Å². The highest BCUT2D eigenvalue weighted by Gasteiger charge is 2.27. The van der Waals surface area contributed by atoms with Gasteiger partial charge in [0.25, 0.3) is 0 Å². The number of piperidine rings is 1. The number of ether oxygens (including phenoxy) is 2. The lowest BCUT2D eigenvalue weighted by atomic mass is 9.97. The van der Waals surface area contributed by atoms with E-state index < -0.39 is 0 Å². The lowest BCUT2D eigenvalue weighted by Gasteiger charge is -2.30. The van der Waals surface area contributed by atoms with Crippen LogP contribution in [0.4, 0.5) is 5.69 Å². The Bertz CT molecular complexity index is 975. The number of rotatable bonds is 8. The van der Waals surface area contributed by atoms with Crippen molar-refractivity contribution in [3.05, 3.63) is 66.3 Å². The summed E-state index contributed by atoms with van der Waals surface area (Å²) in [6, 6.07) is 16.9. The zero-order valence-electron chi connectivity index (χ0n) is 17.5. The number of benzene rings is 2. The number of para-hydroxylation sites is 1. The van der Waals surface area contributed by atoms with E-state index in [0.717, 1.165) is 30.8 Å². The molecule has 1 aromatic heterocycles. The monoisotopic (exact) mass is 422 g/mol. The van der Waals surface area contributed by atoms with E-state index in [2.05, 4.69) is 20.4 Å². The minimum Gasteiger partial charge on any atom is -0.497 e. The van der Waals surface area contributed by atoms with Crippen LogP contribution in [0, 0.1) is 5.92 Å². The molecule has 0 radical (unpaired) electrons. The van der Waals surface area contributed by atoms with Gasteiger partial charge in [0.05, 0.1) is 19.6 Å². The maximum Gasteiger partial charge on any atom is 0.240 e. The highest BCUT2D eigenvalue weighted by molar-refractivity contribution is 5.92. The quantitative estimate of drug-likeness (QED) is 0.594. The fourth-order valence-corrected chi connectivity index (χ4v) is 3.60. The van der Waals surface area contributed by atoms with Crippen molar-refractivity contribution in [1.29, 1.82) is 0 Å². The van der Waals surface area contributed by atoms with Crippen LogP contribution >= 0.6 is 0 Å². The molecule has 8 heteroatoms. The molecule has 4 rings (SSSR count). The summed E-state index contributed by atoms with van der Waals surface area (Å²) in [5, 5.41) is 7.00. The molecule has 0 aliphatic carbocycles. The lowest BCUT2D eigenvalue weighted by molar-refractivity contribution is -0.121. The third kappa shape index (κ3) is 5.82. The molecule has 0 bridgehead atoms. The predicted octanol–water partition coefficient (Wildman–Crippen LogP) is 3.51. The van der Waals surface area contributed by atoms with Crippen molar-refractivity contribution in [2.45, 2.75) is 26.0 Å². The molecule has 0 spiro atoms. The molecule has 31 heavy (non-hydrogen) atoms. The van der Waals surface area contributed by atoms with E-state index in [1.165, 1.54) is 0 Å². The van der Waals surface area contributed by atoms with Gasteiger partial charge < -0.3 is 19.3 Å². The topological polar surface area (TPSA) is 89.7 Å². The Morgan fingerprint density at radius 2 is 1.94 bits per heavy atom. The van der Waals surface area contributed by atoms with Crippen LogP contribution in [0.2, 0.25) is 0 Å². The zero-order chi connectivity index (χ0) is 21.5. The Balaban J connectivity index is 1.27. The van der Waals surface area contributed by atoms with E-state index in [0.29, 0.717) is 30.6 Å². The van der Waals surface area contributed by atoms with Gasteiger partial charge in [0, 0.05) is 12.2 Å². The molecule has 3 aromatic rings. The number of hydrogen-bond donors (Lipinski definition) is 1. The first-order valence-electron chi connectivity index (χ1n) is 10.4. The number of carbonyl (C=O) groups excluding carboxylic acids is 1. The molecule has 1 atom stereocenters. The summed E-state index contributed by atoms with van der Waals surface area (Å²) in [6.07, 6.45) is 1.83. The molecule has 8 nitrogen and oxygen atoms in total. The molecule has 162 valence electrons. The van der Waals surface area contributed by atoms with Crippen molar-refractivity contribution in [1.82, 2.24) is 15.0 Å². The molecule has 1 aliphatic rings. The standard InChI is InChI=1S/C23H26N4O4/c1-29-19-9-11-20(12-10-19)30-16-21-25-22(31-26-21)15-27-13-5-6-17(14-27)23(28)24-18-7-3-2-4-8-18/h2-4,7-12,17H,5-6,13-16H2,1H3,(H,24,28)/t17-/m1/s1. The first kappa shape index (κ1) is 20.9. The van der Waals surface area contributed by atoms with Crippen LogP contribution in [-0.4, -0.2) is 41.1 Å². The van der Waals surface area contributed by atoms with Crippen molar-refractivity contribution >= 4 is 11.6 Å². The van der Waals surface area contributed by atoms with E-state index in [1.54, 1.807) is 7.11 Å². The van der Waals surface area contributed by atoms with Gasteiger partial charge in [-0.3, -0.25) is 9.69 Å².